The number of nitrogens with zero attached hydrogens (tertiary/aromatic N) is 1. The van der Waals surface area contributed by atoms with E-state index in [0.29, 0.717) is 17.2 Å². The van der Waals surface area contributed by atoms with Gasteiger partial charge in [-0.3, -0.25) is 10.1 Å². The first-order chi connectivity index (χ1) is 9.99. The molecule has 0 unspecified atom stereocenters. The van der Waals surface area contributed by atoms with Crippen molar-refractivity contribution >= 4 is 17.4 Å². The molecule has 1 aromatic rings. The topological polar surface area (TPSA) is 84.3 Å². The van der Waals surface area contributed by atoms with Crippen molar-refractivity contribution in [1.29, 1.82) is 0 Å². The third kappa shape index (κ3) is 3.71. The molecule has 0 radical (unpaired) electrons. The minimum absolute atomic E-state index is 0.0128. The van der Waals surface area contributed by atoms with Crippen molar-refractivity contribution in [2.75, 3.05) is 5.32 Å². The van der Waals surface area contributed by atoms with E-state index in [-0.39, 0.29) is 17.8 Å². The van der Waals surface area contributed by atoms with Crippen molar-refractivity contribution < 1.29 is 9.72 Å². The Labute approximate surface area is 124 Å². The fourth-order valence-corrected chi connectivity index (χ4v) is 2.81. The maximum absolute atomic E-state index is 12.1. The molecule has 114 valence electrons. The molecule has 6 heteroatoms. The number of carbonyl (C=O) groups excluding carboxylic acids is 1. The highest BCUT2D eigenvalue weighted by Crippen LogP contribution is 2.26. The van der Waals surface area contributed by atoms with Crippen LogP contribution in [0.25, 0.3) is 0 Å². The highest BCUT2D eigenvalue weighted by atomic mass is 16.6. The third-order valence-corrected chi connectivity index (χ3v) is 4.18. The van der Waals surface area contributed by atoms with Gasteiger partial charge in [0.1, 0.15) is 0 Å². The molecule has 0 bridgehead atoms. The van der Waals surface area contributed by atoms with Crippen LogP contribution in [0, 0.1) is 23.0 Å². The molecule has 0 aliphatic heterocycles. The quantitative estimate of drug-likeness (QED) is 0.659. The first kappa shape index (κ1) is 15.3. The van der Waals surface area contributed by atoms with Gasteiger partial charge in [0.05, 0.1) is 16.2 Å². The number of nitro benzene ring substituents is 1. The van der Waals surface area contributed by atoms with Crippen molar-refractivity contribution in [3.8, 4) is 0 Å². The molecule has 1 aliphatic carbocycles. The molecule has 0 spiro atoms. The van der Waals surface area contributed by atoms with Gasteiger partial charge in [-0.2, -0.15) is 0 Å². The molecule has 2 amide bonds. The van der Waals surface area contributed by atoms with Crippen LogP contribution < -0.4 is 10.6 Å². The van der Waals surface area contributed by atoms with Gasteiger partial charge in [-0.25, -0.2) is 4.79 Å². The summed E-state index contributed by atoms with van der Waals surface area (Å²) in [4.78, 5) is 22.5. The lowest BCUT2D eigenvalue weighted by atomic mass is 9.86. The number of nitrogens with one attached hydrogen (secondary N) is 2. The predicted octanol–water partition coefficient (Wildman–Crippen LogP) is 3.60. The Morgan fingerprint density at radius 3 is 2.71 bits per heavy atom. The van der Waals surface area contributed by atoms with Gasteiger partial charge in [0.15, 0.2) is 0 Å². The van der Waals surface area contributed by atoms with Crippen LogP contribution >= 0.6 is 0 Å². The van der Waals surface area contributed by atoms with E-state index in [2.05, 4.69) is 17.6 Å². The van der Waals surface area contributed by atoms with Gasteiger partial charge in [-0.15, -0.1) is 0 Å². The van der Waals surface area contributed by atoms with E-state index in [1.807, 2.05) is 0 Å². The minimum atomic E-state index is -0.443. The molecule has 0 saturated heterocycles. The number of urea groups is 1. The zero-order chi connectivity index (χ0) is 15.4. The Balaban J connectivity index is 2.02. The third-order valence-electron chi connectivity index (χ3n) is 4.18. The second-order valence-corrected chi connectivity index (χ2v) is 5.67. The summed E-state index contributed by atoms with van der Waals surface area (Å²) in [7, 11) is 0. The first-order valence-corrected chi connectivity index (χ1v) is 7.30. The molecule has 2 N–H and O–H groups in total. The summed E-state index contributed by atoms with van der Waals surface area (Å²) in [6.07, 6.45) is 4.46. The number of amides is 2. The summed E-state index contributed by atoms with van der Waals surface area (Å²) in [6, 6.07) is 4.56. The normalized spacial score (nSPS) is 21.6. The Kier molecular flexibility index (Phi) is 4.77. The lowest BCUT2D eigenvalue weighted by molar-refractivity contribution is -0.385. The summed E-state index contributed by atoms with van der Waals surface area (Å²) in [5.74, 6) is 0.468. The summed E-state index contributed by atoms with van der Waals surface area (Å²) >= 11 is 0. The molecule has 1 aromatic carbocycles. The monoisotopic (exact) mass is 291 g/mol. The van der Waals surface area contributed by atoms with Crippen molar-refractivity contribution in [3.05, 3.63) is 33.9 Å². The van der Waals surface area contributed by atoms with Crippen LogP contribution in [-0.2, 0) is 0 Å². The van der Waals surface area contributed by atoms with Crippen LogP contribution in [0.1, 0.15) is 38.2 Å². The zero-order valence-corrected chi connectivity index (χ0v) is 12.4. The van der Waals surface area contributed by atoms with Crippen LogP contribution in [0.3, 0.4) is 0 Å². The number of carbonyl (C=O) groups is 1. The molecule has 6 nitrogen and oxygen atoms in total. The molecular formula is C15H21N3O3. The average Bonchev–Trinajstić information content (AvgIpc) is 2.43. The lowest BCUT2D eigenvalue weighted by Crippen LogP contribution is -2.43. The highest BCUT2D eigenvalue weighted by molar-refractivity contribution is 5.90. The standard InChI is InChI=1S/C15H21N3O3/c1-10-6-3-4-7-12(10)16-15(19)17-13-8-5-9-14(11(13)2)18(20)21/h5,8-10,12H,3-4,6-7H2,1-2H3,(H2,16,17,19)/t10-,12+/m1/s1. The van der Waals surface area contributed by atoms with Gasteiger partial charge < -0.3 is 10.6 Å². The lowest BCUT2D eigenvalue weighted by Gasteiger charge is -2.29. The highest BCUT2D eigenvalue weighted by Gasteiger charge is 2.23. The maximum atomic E-state index is 12.1. The first-order valence-electron chi connectivity index (χ1n) is 7.30. The Morgan fingerprint density at radius 1 is 1.33 bits per heavy atom. The predicted molar refractivity (Wildman–Crippen MR) is 81.4 cm³/mol. The van der Waals surface area contributed by atoms with Crippen molar-refractivity contribution in [2.24, 2.45) is 5.92 Å². The maximum Gasteiger partial charge on any atom is 0.319 e. The number of hydrogen-bond acceptors (Lipinski definition) is 3. The summed E-state index contributed by atoms with van der Waals surface area (Å²) in [5.41, 5.74) is 0.957. The number of anilines is 1. The van der Waals surface area contributed by atoms with Crippen LogP contribution in [0.2, 0.25) is 0 Å². The van der Waals surface area contributed by atoms with E-state index in [1.165, 1.54) is 12.5 Å². The number of rotatable bonds is 3. The summed E-state index contributed by atoms with van der Waals surface area (Å²) in [6.45, 7) is 3.78. The van der Waals surface area contributed by atoms with Crippen LogP contribution in [0.4, 0.5) is 16.2 Å². The summed E-state index contributed by atoms with van der Waals surface area (Å²) in [5, 5.41) is 16.6. The van der Waals surface area contributed by atoms with Gasteiger partial charge >= 0.3 is 6.03 Å². The molecular weight excluding hydrogens is 270 g/mol. The molecule has 0 aromatic heterocycles. The molecule has 1 saturated carbocycles. The smallest absolute Gasteiger partial charge is 0.319 e. The fourth-order valence-electron chi connectivity index (χ4n) is 2.81. The van der Waals surface area contributed by atoms with Crippen molar-refractivity contribution in [2.45, 2.75) is 45.6 Å². The van der Waals surface area contributed by atoms with Gasteiger partial charge in [0, 0.05) is 12.1 Å². The van der Waals surface area contributed by atoms with Crippen LogP contribution in [-0.4, -0.2) is 17.0 Å². The fraction of sp³-hybridized carbons (Fsp3) is 0.533. The van der Waals surface area contributed by atoms with E-state index in [1.54, 1.807) is 19.1 Å². The van der Waals surface area contributed by atoms with Crippen molar-refractivity contribution in [1.82, 2.24) is 5.32 Å². The Morgan fingerprint density at radius 2 is 2.05 bits per heavy atom. The van der Waals surface area contributed by atoms with E-state index in [9.17, 15) is 14.9 Å². The largest absolute Gasteiger partial charge is 0.335 e. The SMILES string of the molecule is Cc1c(NC(=O)N[C@H]2CCCC[C@H]2C)cccc1[N+](=O)[O-]. The second-order valence-electron chi connectivity index (χ2n) is 5.67. The zero-order valence-electron chi connectivity index (χ0n) is 12.4. The molecule has 1 fully saturated rings. The molecule has 1 aliphatic rings. The molecule has 0 heterocycles. The minimum Gasteiger partial charge on any atom is -0.335 e. The number of benzene rings is 1. The molecule has 21 heavy (non-hydrogen) atoms. The van der Waals surface area contributed by atoms with Gasteiger partial charge in [-0.05, 0) is 31.7 Å². The number of hydrogen-bond donors (Lipinski definition) is 2. The van der Waals surface area contributed by atoms with Gasteiger partial charge in [0.2, 0.25) is 0 Å². The van der Waals surface area contributed by atoms with E-state index >= 15 is 0 Å². The van der Waals surface area contributed by atoms with E-state index in [0.717, 1.165) is 19.3 Å². The summed E-state index contributed by atoms with van der Waals surface area (Å²) < 4.78 is 0. The van der Waals surface area contributed by atoms with Crippen LogP contribution in [0.5, 0.6) is 0 Å². The van der Waals surface area contributed by atoms with Crippen LogP contribution in [0.15, 0.2) is 18.2 Å². The molecule has 2 rings (SSSR count). The van der Waals surface area contributed by atoms with Gasteiger partial charge in [-0.1, -0.05) is 25.8 Å². The average molecular weight is 291 g/mol. The Bertz CT molecular complexity index is 545. The van der Waals surface area contributed by atoms with Crippen molar-refractivity contribution in [3.63, 3.8) is 0 Å². The van der Waals surface area contributed by atoms with Gasteiger partial charge in [0.25, 0.3) is 5.69 Å². The molecule has 2 atom stereocenters. The van der Waals surface area contributed by atoms with E-state index in [4.69, 9.17) is 0 Å². The van der Waals surface area contributed by atoms with E-state index < -0.39 is 4.92 Å². The Hall–Kier alpha value is -2.11. The second kappa shape index (κ2) is 6.56. The number of nitro groups is 1.